The minimum Gasteiger partial charge on any atom is -0.477 e. The number of aryl methyl sites for hydroxylation is 1. The van der Waals surface area contributed by atoms with Gasteiger partial charge in [-0.1, -0.05) is 6.92 Å². The lowest BCUT2D eigenvalue weighted by Gasteiger charge is -2.09. The van der Waals surface area contributed by atoms with Gasteiger partial charge in [0.25, 0.3) is 5.56 Å². The standard InChI is InChI=1S/C11H15NO3S/c1-3-16-7-6-12-8(2)4-5-9(10(12)13)11(14)15/h4-5H,3,6-7H2,1-2H3,(H,14,15). The molecule has 0 unspecified atom stereocenters. The quantitative estimate of drug-likeness (QED) is 0.796. The summed E-state index contributed by atoms with van der Waals surface area (Å²) in [5.41, 5.74) is 0.225. The highest BCUT2D eigenvalue weighted by atomic mass is 32.2. The van der Waals surface area contributed by atoms with E-state index in [2.05, 4.69) is 0 Å². The minimum absolute atomic E-state index is 0.160. The SMILES string of the molecule is CCSCCn1c(C)ccc(C(=O)O)c1=O. The van der Waals surface area contributed by atoms with E-state index in [1.165, 1.54) is 10.6 Å². The van der Waals surface area contributed by atoms with Gasteiger partial charge < -0.3 is 9.67 Å². The number of pyridine rings is 1. The molecule has 4 nitrogen and oxygen atoms in total. The number of aromatic carboxylic acids is 1. The normalized spacial score (nSPS) is 10.4. The Labute approximate surface area is 98.3 Å². The zero-order chi connectivity index (χ0) is 12.1. The predicted octanol–water partition coefficient (Wildman–Crippen LogP) is 1.61. The van der Waals surface area contributed by atoms with Gasteiger partial charge in [0.1, 0.15) is 5.56 Å². The van der Waals surface area contributed by atoms with Crippen LogP contribution in [-0.2, 0) is 6.54 Å². The van der Waals surface area contributed by atoms with Gasteiger partial charge in [0.15, 0.2) is 0 Å². The molecule has 0 aliphatic heterocycles. The number of nitrogens with zero attached hydrogens (tertiary/aromatic N) is 1. The van der Waals surface area contributed by atoms with Crippen LogP contribution in [0.4, 0.5) is 0 Å². The van der Waals surface area contributed by atoms with Crippen molar-refractivity contribution in [3.05, 3.63) is 33.7 Å². The summed E-state index contributed by atoms with van der Waals surface area (Å²) >= 11 is 1.73. The monoisotopic (exact) mass is 241 g/mol. The zero-order valence-corrected chi connectivity index (χ0v) is 10.2. The molecule has 1 heterocycles. The third kappa shape index (κ3) is 2.88. The van der Waals surface area contributed by atoms with Crippen LogP contribution in [0.2, 0.25) is 0 Å². The summed E-state index contributed by atoms with van der Waals surface area (Å²) in [5.74, 6) is 0.647. The number of carbonyl (C=O) groups is 1. The number of hydrogen-bond donors (Lipinski definition) is 1. The van der Waals surface area contributed by atoms with Gasteiger partial charge in [-0.2, -0.15) is 11.8 Å². The van der Waals surface area contributed by atoms with E-state index in [1.54, 1.807) is 17.8 Å². The van der Waals surface area contributed by atoms with E-state index in [0.717, 1.165) is 17.2 Å². The van der Waals surface area contributed by atoms with Gasteiger partial charge in [0, 0.05) is 18.0 Å². The predicted molar refractivity (Wildman–Crippen MR) is 65.4 cm³/mol. The van der Waals surface area contributed by atoms with E-state index in [9.17, 15) is 9.59 Å². The summed E-state index contributed by atoms with van der Waals surface area (Å²) < 4.78 is 1.52. The summed E-state index contributed by atoms with van der Waals surface area (Å²) in [5, 5.41) is 8.83. The van der Waals surface area contributed by atoms with Crippen LogP contribution in [0.1, 0.15) is 23.0 Å². The third-order valence-corrected chi connectivity index (χ3v) is 3.17. The average Bonchev–Trinajstić information content (AvgIpc) is 2.22. The molecule has 0 radical (unpaired) electrons. The molecule has 1 aromatic rings. The lowest BCUT2D eigenvalue weighted by atomic mass is 10.2. The maximum atomic E-state index is 11.8. The molecule has 16 heavy (non-hydrogen) atoms. The molecule has 0 saturated carbocycles. The van der Waals surface area contributed by atoms with Crippen molar-refractivity contribution in [2.45, 2.75) is 20.4 Å². The molecule has 0 spiro atoms. The first-order chi connectivity index (χ1) is 7.57. The molecule has 1 aromatic heterocycles. The van der Waals surface area contributed by atoms with Gasteiger partial charge in [-0.25, -0.2) is 4.79 Å². The molecule has 0 aliphatic rings. The lowest BCUT2D eigenvalue weighted by Crippen LogP contribution is -2.28. The van der Waals surface area contributed by atoms with Crippen molar-refractivity contribution in [2.75, 3.05) is 11.5 Å². The Morgan fingerprint density at radius 2 is 2.19 bits per heavy atom. The number of hydrogen-bond acceptors (Lipinski definition) is 3. The number of thioether (sulfide) groups is 1. The first-order valence-electron chi connectivity index (χ1n) is 5.09. The summed E-state index contributed by atoms with van der Waals surface area (Å²) in [6, 6.07) is 3.03. The first kappa shape index (κ1) is 12.8. The maximum Gasteiger partial charge on any atom is 0.341 e. The van der Waals surface area contributed by atoms with E-state index in [0.29, 0.717) is 6.54 Å². The molecular weight excluding hydrogens is 226 g/mol. The van der Waals surface area contributed by atoms with Crippen LogP contribution in [0.5, 0.6) is 0 Å². The fraction of sp³-hybridized carbons (Fsp3) is 0.455. The Morgan fingerprint density at radius 3 is 2.75 bits per heavy atom. The Morgan fingerprint density at radius 1 is 1.50 bits per heavy atom. The van der Waals surface area contributed by atoms with Gasteiger partial charge in [0.05, 0.1) is 0 Å². The molecule has 5 heteroatoms. The first-order valence-corrected chi connectivity index (χ1v) is 6.25. The molecule has 0 bridgehead atoms. The maximum absolute atomic E-state index is 11.8. The van der Waals surface area contributed by atoms with E-state index in [4.69, 9.17) is 5.11 Å². The molecule has 0 fully saturated rings. The Hall–Kier alpha value is -1.23. The summed E-state index contributed by atoms with van der Waals surface area (Å²) in [6.07, 6.45) is 0. The van der Waals surface area contributed by atoms with Crippen LogP contribution in [0.3, 0.4) is 0 Å². The topological polar surface area (TPSA) is 59.3 Å². The lowest BCUT2D eigenvalue weighted by molar-refractivity contribution is 0.0694. The van der Waals surface area contributed by atoms with E-state index in [-0.39, 0.29) is 5.56 Å². The fourth-order valence-corrected chi connectivity index (χ4v) is 2.01. The minimum atomic E-state index is -1.16. The van der Waals surface area contributed by atoms with Gasteiger partial charge in [-0.15, -0.1) is 0 Å². The van der Waals surface area contributed by atoms with E-state index >= 15 is 0 Å². The van der Waals surface area contributed by atoms with Crippen molar-refractivity contribution in [1.82, 2.24) is 4.57 Å². The Balaban J connectivity index is 3.02. The van der Waals surface area contributed by atoms with Crippen molar-refractivity contribution in [2.24, 2.45) is 0 Å². The smallest absolute Gasteiger partial charge is 0.341 e. The van der Waals surface area contributed by atoms with Crippen LogP contribution in [0.15, 0.2) is 16.9 Å². The average molecular weight is 241 g/mol. The van der Waals surface area contributed by atoms with E-state index in [1.807, 2.05) is 13.8 Å². The molecule has 88 valence electrons. The summed E-state index contributed by atoms with van der Waals surface area (Å²) in [4.78, 5) is 22.6. The third-order valence-electron chi connectivity index (χ3n) is 2.29. The number of aromatic nitrogens is 1. The second-order valence-electron chi connectivity index (χ2n) is 3.35. The highest BCUT2D eigenvalue weighted by Crippen LogP contribution is 2.03. The second-order valence-corrected chi connectivity index (χ2v) is 4.74. The van der Waals surface area contributed by atoms with Gasteiger partial charge >= 0.3 is 5.97 Å². The van der Waals surface area contributed by atoms with Crippen LogP contribution in [0.25, 0.3) is 0 Å². The molecule has 0 amide bonds. The molecule has 1 N–H and O–H groups in total. The highest BCUT2D eigenvalue weighted by Gasteiger charge is 2.11. The van der Waals surface area contributed by atoms with Crippen molar-refractivity contribution >= 4 is 17.7 Å². The second kappa shape index (κ2) is 5.75. The molecule has 0 aliphatic carbocycles. The highest BCUT2D eigenvalue weighted by molar-refractivity contribution is 7.99. The number of rotatable bonds is 5. The van der Waals surface area contributed by atoms with Crippen LogP contribution >= 0.6 is 11.8 Å². The van der Waals surface area contributed by atoms with Crippen molar-refractivity contribution in [3.8, 4) is 0 Å². The van der Waals surface area contributed by atoms with E-state index < -0.39 is 11.5 Å². The molecule has 0 aromatic carbocycles. The summed E-state index contributed by atoms with van der Waals surface area (Å²) in [6.45, 7) is 4.42. The van der Waals surface area contributed by atoms with Gasteiger partial charge in [-0.05, 0) is 24.8 Å². The number of carboxylic acids is 1. The van der Waals surface area contributed by atoms with Crippen LogP contribution in [-0.4, -0.2) is 27.1 Å². The molecule has 0 atom stereocenters. The largest absolute Gasteiger partial charge is 0.477 e. The Bertz CT molecular complexity index is 439. The fourth-order valence-electron chi connectivity index (χ4n) is 1.41. The number of carboxylic acid groups (broad SMARTS) is 1. The van der Waals surface area contributed by atoms with Crippen molar-refractivity contribution in [1.29, 1.82) is 0 Å². The molecule has 1 rings (SSSR count). The zero-order valence-electron chi connectivity index (χ0n) is 9.40. The van der Waals surface area contributed by atoms with Gasteiger partial charge in [0.2, 0.25) is 0 Å². The molecule has 0 saturated heterocycles. The van der Waals surface area contributed by atoms with Crippen molar-refractivity contribution < 1.29 is 9.90 Å². The van der Waals surface area contributed by atoms with Gasteiger partial charge in [-0.3, -0.25) is 4.79 Å². The van der Waals surface area contributed by atoms with Crippen LogP contribution < -0.4 is 5.56 Å². The van der Waals surface area contributed by atoms with Crippen LogP contribution in [0, 0.1) is 6.92 Å². The summed E-state index contributed by atoms with van der Waals surface area (Å²) in [7, 11) is 0. The Kier molecular flexibility index (Phi) is 4.61. The van der Waals surface area contributed by atoms with Crippen molar-refractivity contribution in [3.63, 3.8) is 0 Å². The molecular formula is C11H15NO3S.